The summed E-state index contributed by atoms with van der Waals surface area (Å²) in [5.41, 5.74) is 0.747. The first-order valence-corrected chi connectivity index (χ1v) is 8.27. The molecule has 134 valence electrons. The van der Waals surface area contributed by atoms with Crippen molar-refractivity contribution in [2.75, 3.05) is 33.8 Å². The smallest absolute Gasteiger partial charge is 0.257 e. The second-order valence-electron chi connectivity index (χ2n) is 4.81. The summed E-state index contributed by atoms with van der Waals surface area (Å²) in [6.45, 7) is 0. The van der Waals surface area contributed by atoms with Crippen LogP contribution in [-0.2, 0) is 0 Å². The van der Waals surface area contributed by atoms with Crippen LogP contribution >= 0.6 is 27.5 Å². The van der Waals surface area contributed by atoms with Gasteiger partial charge in [-0.2, -0.15) is 0 Å². The molecule has 0 spiro atoms. The number of anilines is 1. The number of ether oxygens (including phenoxy) is 4. The molecule has 0 aromatic heterocycles. The number of halogens is 2. The number of carbonyl (C=O) groups is 1. The SMILES string of the molecule is COc1ccc(Cl)cc1NC(=O)c1cc(OC)c(OC)c(OC)c1Br. The van der Waals surface area contributed by atoms with Gasteiger partial charge in [0.2, 0.25) is 5.75 Å². The van der Waals surface area contributed by atoms with Crippen LogP contribution in [0, 0.1) is 0 Å². The number of amides is 1. The van der Waals surface area contributed by atoms with Crippen molar-refractivity contribution < 1.29 is 23.7 Å². The predicted octanol–water partition coefficient (Wildman–Crippen LogP) is 4.39. The lowest BCUT2D eigenvalue weighted by Gasteiger charge is -2.17. The highest BCUT2D eigenvalue weighted by atomic mass is 79.9. The highest BCUT2D eigenvalue weighted by molar-refractivity contribution is 9.10. The van der Waals surface area contributed by atoms with Crippen molar-refractivity contribution >= 4 is 39.1 Å². The summed E-state index contributed by atoms with van der Waals surface area (Å²) in [7, 11) is 5.95. The van der Waals surface area contributed by atoms with Crippen molar-refractivity contribution in [3.05, 3.63) is 39.3 Å². The lowest BCUT2D eigenvalue weighted by Crippen LogP contribution is -2.14. The molecule has 1 N–H and O–H groups in total. The second kappa shape index (κ2) is 8.31. The van der Waals surface area contributed by atoms with E-state index < -0.39 is 5.91 Å². The molecular formula is C17H17BrClNO5. The maximum absolute atomic E-state index is 12.8. The molecule has 0 saturated heterocycles. The zero-order chi connectivity index (χ0) is 18.6. The molecular weight excluding hydrogens is 414 g/mol. The summed E-state index contributed by atoms with van der Waals surface area (Å²) in [6, 6.07) is 6.50. The third-order valence-corrected chi connectivity index (χ3v) is 4.45. The zero-order valence-corrected chi connectivity index (χ0v) is 16.4. The molecule has 0 aliphatic heterocycles. The molecule has 0 heterocycles. The van der Waals surface area contributed by atoms with Crippen LogP contribution in [0.3, 0.4) is 0 Å². The van der Waals surface area contributed by atoms with Gasteiger partial charge >= 0.3 is 0 Å². The number of nitrogens with one attached hydrogen (secondary N) is 1. The first-order valence-electron chi connectivity index (χ1n) is 7.10. The van der Waals surface area contributed by atoms with Gasteiger partial charge in [0.1, 0.15) is 5.75 Å². The molecule has 6 nitrogen and oxygen atoms in total. The van der Waals surface area contributed by atoms with E-state index in [9.17, 15) is 4.79 Å². The Morgan fingerprint density at radius 2 is 1.60 bits per heavy atom. The van der Waals surface area contributed by atoms with E-state index in [-0.39, 0.29) is 0 Å². The van der Waals surface area contributed by atoms with Crippen LogP contribution in [0.4, 0.5) is 5.69 Å². The van der Waals surface area contributed by atoms with Gasteiger partial charge < -0.3 is 24.3 Å². The normalized spacial score (nSPS) is 10.2. The molecule has 0 bridgehead atoms. The van der Waals surface area contributed by atoms with Gasteiger partial charge in [0, 0.05) is 5.02 Å². The third-order valence-electron chi connectivity index (χ3n) is 3.42. The fourth-order valence-electron chi connectivity index (χ4n) is 2.25. The Labute approximate surface area is 159 Å². The average molecular weight is 431 g/mol. The van der Waals surface area contributed by atoms with Crippen molar-refractivity contribution in [3.63, 3.8) is 0 Å². The highest BCUT2D eigenvalue weighted by Gasteiger charge is 2.23. The fourth-order valence-corrected chi connectivity index (χ4v) is 3.06. The number of carbonyl (C=O) groups excluding carboxylic acids is 1. The number of hydrogen-bond donors (Lipinski definition) is 1. The van der Waals surface area contributed by atoms with Gasteiger partial charge in [-0.05, 0) is 40.2 Å². The van der Waals surface area contributed by atoms with Crippen LogP contribution in [0.25, 0.3) is 0 Å². The Balaban J connectivity index is 2.48. The molecule has 8 heteroatoms. The standard InChI is InChI=1S/C17H17BrClNO5/c1-22-12-6-5-9(19)7-11(12)20-17(21)10-8-13(23-2)15(24-3)16(25-4)14(10)18/h5-8H,1-4H3,(H,20,21). The monoisotopic (exact) mass is 429 g/mol. The number of methoxy groups -OCH3 is 4. The summed E-state index contributed by atoms with van der Waals surface area (Å²) in [6.07, 6.45) is 0. The Bertz CT molecular complexity index is 797. The van der Waals surface area contributed by atoms with Crippen molar-refractivity contribution in [1.29, 1.82) is 0 Å². The van der Waals surface area contributed by atoms with Crippen molar-refractivity contribution in [1.82, 2.24) is 0 Å². The van der Waals surface area contributed by atoms with Gasteiger partial charge in [0.25, 0.3) is 5.91 Å². The maximum atomic E-state index is 12.8. The molecule has 1 amide bonds. The van der Waals surface area contributed by atoms with E-state index in [1.54, 1.807) is 24.3 Å². The summed E-state index contributed by atoms with van der Waals surface area (Å²) in [5, 5.41) is 3.24. The van der Waals surface area contributed by atoms with E-state index in [4.69, 9.17) is 30.5 Å². The third kappa shape index (κ3) is 3.93. The largest absolute Gasteiger partial charge is 0.495 e. The summed E-state index contributed by atoms with van der Waals surface area (Å²) in [5.74, 6) is 1.19. The second-order valence-corrected chi connectivity index (χ2v) is 6.04. The van der Waals surface area contributed by atoms with Gasteiger partial charge in [0.15, 0.2) is 11.5 Å². The molecule has 0 saturated carbocycles. The number of rotatable bonds is 6. The minimum absolute atomic E-state index is 0.302. The van der Waals surface area contributed by atoms with Crippen LogP contribution < -0.4 is 24.3 Å². The zero-order valence-electron chi connectivity index (χ0n) is 14.1. The van der Waals surface area contributed by atoms with Crippen LogP contribution in [0.2, 0.25) is 5.02 Å². The Kier molecular flexibility index (Phi) is 6.39. The number of hydrogen-bond acceptors (Lipinski definition) is 5. The lowest BCUT2D eigenvalue weighted by molar-refractivity contribution is 0.102. The van der Waals surface area contributed by atoms with E-state index in [1.165, 1.54) is 28.4 Å². The summed E-state index contributed by atoms with van der Waals surface area (Å²) >= 11 is 9.38. The van der Waals surface area contributed by atoms with E-state index >= 15 is 0 Å². The lowest BCUT2D eigenvalue weighted by atomic mass is 10.1. The van der Waals surface area contributed by atoms with Gasteiger partial charge in [0.05, 0.1) is 44.2 Å². The quantitative estimate of drug-likeness (QED) is 0.736. The van der Waals surface area contributed by atoms with Gasteiger partial charge in [-0.15, -0.1) is 0 Å². The van der Waals surface area contributed by atoms with Gasteiger partial charge in [-0.25, -0.2) is 0 Å². The molecule has 0 aliphatic carbocycles. The van der Waals surface area contributed by atoms with Crippen LogP contribution in [-0.4, -0.2) is 34.3 Å². The van der Waals surface area contributed by atoms with Gasteiger partial charge in [-0.3, -0.25) is 4.79 Å². The molecule has 2 aromatic rings. The summed E-state index contributed by atoms with van der Waals surface area (Å²) < 4.78 is 21.6. The molecule has 0 radical (unpaired) electrons. The minimum atomic E-state index is -0.397. The van der Waals surface area contributed by atoms with E-state index in [2.05, 4.69) is 21.2 Å². The van der Waals surface area contributed by atoms with E-state index in [0.29, 0.717) is 43.7 Å². The fraction of sp³-hybridized carbons (Fsp3) is 0.235. The first-order chi connectivity index (χ1) is 12.0. The Hall–Kier alpha value is -2.12. The molecule has 2 rings (SSSR count). The predicted molar refractivity (Wildman–Crippen MR) is 99.8 cm³/mol. The van der Waals surface area contributed by atoms with E-state index in [0.717, 1.165) is 0 Å². The van der Waals surface area contributed by atoms with Crippen molar-refractivity contribution in [2.24, 2.45) is 0 Å². The van der Waals surface area contributed by atoms with Crippen molar-refractivity contribution in [2.45, 2.75) is 0 Å². The first kappa shape index (κ1) is 19.2. The average Bonchev–Trinajstić information content (AvgIpc) is 2.61. The molecule has 0 aliphatic rings. The van der Waals surface area contributed by atoms with Crippen LogP contribution in [0.5, 0.6) is 23.0 Å². The Morgan fingerprint density at radius 3 is 2.16 bits per heavy atom. The highest BCUT2D eigenvalue weighted by Crippen LogP contribution is 2.45. The molecule has 25 heavy (non-hydrogen) atoms. The van der Waals surface area contributed by atoms with E-state index in [1.807, 2.05) is 0 Å². The molecule has 2 aromatic carbocycles. The summed E-state index contributed by atoms with van der Waals surface area (Å²) in [4.78, 5) is 12.8. The molecule has 0 unspecified atom stereocenters. The molecule has 0 fully saturated rings. The van der Waals surface area contributed by atoms with Crippen LogP contribution in [0.15, 0.2) is 28.7 Å². The topological polar surface area (TPSA) is 66.0 Å². The number of benzene rings is 2. The minimum Gasteiger partial charge on any atom is -0.495 e. The maximum Gasteiger partial charge on any atom is 0.257 e. The Morgan fingerprint density at radius 1 is 0.960 bits per heavy atom. The molecule has 0 atom stereocenters. The van der Waals surface area contributed by atoms with Crippen LogP contribution in [0.1, 0.15) is 10.4 Å². The van der Waals surface area contributed by atoms with Crippen molar-refractivity contribution in [3.8, 4) is 23.0 Å². The van der Waals surface area contributed by atoms with Gasteiger partial charge in [-0.1, -0.05) is 11.6 Å².